The molecule has 7 heteroatoms. The second-order valence-corrected chi connectivity index (χ2v) is 7.81. The molecule has 33 heavy (non-hydrogen) atoms. The van der Waals surface area contributed by atoms with Crippen LogP contribution in [0.15, 0.2) is 59.4 Å². The van der Waals surface area contributed by atoms with E-state index in [-0.39, 0.29) is 11.3 Å². The fraction of sp³-hybridized carbons (Fsp3) is 0.231. The SMILES string of the molecule is COCCNC(=O)c1ccc(NCc2ccc(OC)cc2)c2c(=O)c3cccc(C)c3[nH]c12. The summed E-state index contributed by atoms with van der Waals surface area (Å²) >= 11 is 0. The molecule has 0 saturated carbocycles. The summed E-state index contributed by atoms with van der Waals surface area (Å²) in [5, 5.41) is 7.26. The summed E-state index contributed by atoms with van der Waals surface area (Å²) in [7, 11) is 3.21. The highest BCUT2D eigenvalue weighted by Gasteiger charge is 2.18. The Morgan fingerprint density at radius 2 is 1.79 bits per heavy atom. The van der Waals surface area contributed by atoms with Gasteiger partial charge >= 0.3 is 0 Å². The smallest absolute Gasteiger partial charge is 0.253 e. The van der Waals surface area contributed by atoms with Crippen LogP contribution in [0.4, 0.5) is 5.69 Å². The molecule has 4 rings (SSSR count). The Kier molecular flexibility index (Phi) is 6.60. The first kappa shape index (κ1) is 22.4. The first-order valence-electron chi connectivity index (χ1n) is 10.8. The van der Waals surface area contributed by atoms with E-state index in [1.807, 2.05) is 43.3 Å². The second-order valence-electron chi connectivity index (χ2n) is 7.81. The summed E-state index contributed by atoms with van der Waals surface area (Å²) < 4.78 is 10.2. The molecule has 0 atom stereocenters. The number of carbonyl (C=O) groups is 1. The van der Waals surface area contributed by atoms with E-state index < -0.39 is 0 Å². The van der Waals surface area contributed by atoms with Crippen LogP contribution in [-0.4, -0.2) is 38.3 Å². The number of H-pyrrole nitrogens is 1. The molecule has 1 aromatic heterocycles. The zero-order valence-electron chi connectivity index (χ0n) is 19.0. The maximum Gasteiger partial charge on any atom is 0.253 e. The lowest BCUT2D eigenvalue weighted by molar-refractivity contribution is 0.0938. The number of hydrogen-bond acceptors (Lipinski definition) is 5. The van der Waals surface area contributed by atoms with Crippen molar-refractivity contribution >= 4 is 33.4 Å². The lowest BCUT2D eigenvalue weighted by Crippen LogP contribution is -2.27. The molecule has 3 N–H and O–H groups in total. The summed E-state index contributed by atoms with van der Waals surface area (Å²) in [4.78, 5) is 29.8. The van der Waals surface area contributed by atoms with Gasteiger partial charge in [0.05, 0.1) is 35.7 Å². The number of rotatable bonds is 8. The number of para-hydroxylation sites is 1. The molecule has 0 radical (unpaired) electrons. The molecule has 0 aliphatic carbocycles. The maximum atomic E-state index is 13.6. The largest absolute Gasteiger partial charge is 0.497 e. The third-order valence-corrected chi connectivity index (χ3v) is 5.68. The number of anilines is 1. The van der Waals surface area contributed by atoms with E-state index in [0.29, 0.717) is 47.2 Å². The molecule has 0 spiro atoms. The molecule has 170 valence electrons. The fourth-order valence-corrected chi connectivity index (χ4v) is 3.89. The second kappa shape index (κ2) is 9.75. The summed E-state index contributed by atoms with van der Waals surface area (Å²) in [5.41, 5.74) is 4.18. The number of fused-ring (bicyclic) bond motifs is 2. The third kappa shape index (κ3) is 4.54. The number of aryl methyl sites for hydroxylation is 1. The van der Waals surface area contributed by atoms with Gasteiger partial charge in [0.1, 0.15) is 5.75 Å². The maximum absolute atomic E-state index is 13.6. The van der Waals surface area contributed by atoms with Gasteiger partial charge in [0.2, 0.25) is 0 Å². The number of hydrogen-bond donors (Lipinski definition) is 3. The van der Waals surface area contributed by atoms with Crippen LogP contribution in [0.2, 0.25) is 0 Å². The number of pyridine rings is 1. The number of carbonyl (C=O) groups excluding carboxylic acids is 1. The molecule has 0 aliphatic rings. The van der Waals surface area contributed by atoms with E-state index in [9.17, 15) is 9.59 Å². The van der Waals surface area contributed by atoms with Crippen molar-refractivity contribution in [3.05, 3.63) is 81.5 Å². The molecule has 7 nitrogen and oxygen atoms in total. The summed E-state index contributed by atoms with van der Waals surface area (Å²) in [6.07, 6.45) is 0. The summed E-state index contributed by atoms with van der Waals surface area (Å²) in [6, 6.07) is 16.9. The third-order valence-electron chi connectivity index (χ3n) is 5.68. The molecule has 4 aromatic rings. The van der Waals surface area contributed by atoms with Crippen molar-refractivity contribution in [2.75, 3.05) is 32.7 Å². The molecular weight excluding hydrogens is 418 g/mol. The molecule has 3 aromatic carbocycles. The van der Waals surface area contributed by atoms with Gasteiger partial charge in [0.25, 0.3) is 5.91 Å². The highest BCUT2D eigenvalue weighted by molar-refractivity contribution is 6.11. The summed E-state index contributed by atoms with van der Waals surface area (Å²) in [6.45, 7) is 3.24. The van der Waals surface area contributed by atoms with E-state index in [0.717, 1.165) is 22.4 Å². The highest BCUT2D eigenvalue weighted by Crippen LogP contribution is 2.27. The van der Waals surface area contributed by atoms with E-state index in [2.05, 4.69) is 15.6 Å². The minimum absolute atomic E-state index is 0.119. The van der Waals surface area contributed by atoms with Gasteiger partial charge in [-0.25, -0.2) is 0 Å². The molecule has 1 heterocycles. The van der Waals surface area contributed by atoms with Crippen LogP contribution in [0.3, 0.4) is 0 Å². The average molecular weight is 446 g/mol. The van der Waals surface area contributed by atoms with Crippen LogP contribution < -0.4 is 20.8 Å². The van der Waals surface area contributed by atoms with Gasteiger partial charge in [-0.2, -0.15) is 0 Å². The topological polar surface area (TPSA) is 92.4 Å². The standard InChI is InChI=1S/C26H27N3O4/c1-16-5-4-6-19-23(16)29-24-20(26(31)27-13-14-32-2)11-12-21(22(24)25(19)30)28-15-17-7-9-18(33-3)10-8-17/h4-12,28H,13-15H2,1-3H3,(H,27,31)(H,29,30). The lowest BCUT2D eigenvalue weighted by Gasteiger charge is -2.15. The number of methoxy groups -OCH3 is 2. The Bertz CT molecular complexity index is 1360. The minimum Gasteiger partial charge on any atom is -0.497 e. The van der Waals surface area contributed by atoms with Crippen LogP contribution in [0.25, 0.3) is 21.8 Å². The van der Waals surface area contributed by atoms with Crippen molar-refractivity contribution in [1.82, 2.24) is 10.3 Å². The van der Waals surface area contributed by atoms with Gasteiger partial charge in [-0.15, -0.1) is 0 Å². The Morgan fingerprint density at radius 1 is 1.00 bits per heavy atom. The Hall–Kier alpha value is -3.84. The highest BCUT2D eigenvalue weighted by atomic mass is 16.5. The molecule has 0 aliphatic heterocycles. The van der Waals surface area contributed by atoms with Crippen molar-refractivity contribution in [2.24, 2.45) is 0 Å². The Morgan fingerprint density at radius 3 is 2.52 bits per heavy atom. The van der Waals surface area contributed by atoms with Gasteiger partial charge in [-0.3, -0.25) is 9.59 Å². The number of nitrogens with one attached hydrogen (secondary N) is 3. The molecule has 0 saturated heterocycles. The fourth-order valence-electron chi connectivity index (χ4n) is 3.89. The number of benzene rings is 3. The lowest BCUT2D eigenvalue weighted by atomic mass is 10.0. The van der Waals surface area contributed by atoms with Crippen molar-refractivity contribution in [3.63, 3.8) is 0 Å². The molecule has 0 bridgehead atoms. The number of amides is 1. The van der Waals surface area contributed by atoms with Crippen molar-refractivity contribution in [2.45, 2.75) is 13.5 Å². The average Bonchev–Trinajstić information content (AvgIpc) is 2.83. The van der Waals surface area contributed by atoms with Crippen LogP contribution in [0.5, 0.6) is 5.75 Å². The van der Waals surface area contributed by atoms with Crippen molar-refractivity contribution in [1.29, 1.82) is 0 Å². The number of aromatic nitrogens is 1. The quantitative estimate of drug-likeness (QED) is 0.282. The predicted molar refractivity (Wildman–Crippen MR) is 131 cm³/mol. The van der Waals surface area contributed by atoms with Crippen LogP contribution in [-0.2, 0) is 11.3 Å². The van der Waals surface area contributed by atoms with Gasteiger partial charge < -0.3 is 25.1 Å². The molecule has 0 fully saturated rings. The van der Waals surface area contributed by atoms with Gasteiger partial charge in [0.15, 0.2) is 5.43 Å². The van der Waals surface area contributed by atoms with E-state index >= 15 is 0 Å². The normalized spacial score (nSPS) is 11.0. The zero-order chi connectivity index (χ0) is 23.4. The van der Waals surface area contributed by atoms with Gasteiger partial charge in [-0.1, -0.05) is 24.3 Å². The minimum atomic E-state index is -0.262. The van der Waals surface area contributed by atoms with E-state index in [4.69, 9.17) is 9.47 Å². The first-order chi connectivity index (χ1) is 16.0. The van der Waals surface area contributed by atoms with Crippen LogP contribution in [0.1, 0.15) is 21.5 Å². The first-order valence-corrected chi connectivity index (χ1v) is 10.8. The van der Waals surface area contributed by atoms with Gasteiger partial charge in [-0.05, 0) is 48.4 Å². The van der Waals surface area contributed by atoms with Crippen LogP contribution >= 0.6 is 0 Å². The van der Waals surface area contributed by atoms with Crippen molar-refractivity contribution in [3.8, 4) is 5.75 Å². The van der Waals surface area contributed by atoms with Crippen molar-refractivity contribution < 1.29 is 14.3 Å². The zero-order valence-corrected chi connectivity index (χ0v) is 19.0. The molecule has 0 unspecified atom stereocenters. The Labute approximate surface area is 191 Å². The molecule has 1 amide bonds. The van der Waals surface area contributed by atoms with E-state index in [1.165, 1.54) is 0 Å². The Balaban J connectivity index is 1.80. The molecular formula is C26H27N3O4. The monoisotopic (exact) mass is 445 g/mol. The predicted octanol–water partition coefficient (Wildman–Crippen LogP) is 3.99. The van der Waals surface area contributed by atoms with Gasteiger partial charge in [0, 0.05) is 31.3 Å². The van der Waals surface area contributed by atoms with Crippen LogP contribution in [0, 0.1) is 6.92 Å². The van der Waals surface area contributed by atoms with E-state index in [1.54, 1.807) is 32.4 Å². The summed E-state index contributed by atoms with van der Waals surface area (Å²) in [5.74, 6) is 0.522. The number of aromatic amines is 1. The number of ether oxygens (including phenoxy) is 2.